The van der Waals surface area contributed by atoms with Crippen molar-refractivity contribution in [1.82, 2.24) is 15.5 Å². The molecular formula is C20H35IN4O. The number of guanidine groups is 1. The summed E-state index contributed by atoms with van der Waals surface area (Å²) >= 11 is 0. The highest BCUT2D eigenvalue weighted by molar-refractivity contribution is 14.0. The van der Waals surface area contributed by atoms with E-state index in [1.165, 1.54) is 25.7 Å². The third-order valence-corrected chi connectivity index (χ3v) is 4.90. The molecule has 0 amide bonds. The van der Waals surface area contributed by atoms with Crippen LogP contribution in [0.1, 0.15) is 45.1 Å². The lowest BCUT2D eigenvalue weighted by molar-refractivity contribution is 0.221. The van der Waals surface area contributed by atoms with Crippen LogP contribution in [0.25, 0.3) is 0 Å². The van der Waals surface area contributed by atoms with Crippen LogP contribution in [0.15, 0.2) is 29.3 Å². The number of nitrogens with one attached hydrogen (secondary N) is 2. The highest BCUT2D eigenvalue weighted by Crippen LogP contribution is 2.19. The highest BCUT2D eigenvalue weighted by atomic mass is 127. The monoisotopic (exact) mass is 474 g/mol. The molecule has 0 aromatic heterocycles. The molecule has 26 heavy (non-hydrogen) atoms. The summed E-state index contributed by atoms with van der Waals surface area (Å²) in [5.74, 6) is 1.84. The molecule has 148 valence electrons. The number of benzene rings is 1. The van der Waals surface area contributed by atoms with Gasteiger partial charge in [-0.3, -0.25) is 4.99 Å². The number of para-hydroxylation sites is 1. The van der Waals surface area contributed by atoms with Crippen molar-refractivity contribution in [2.45, 2.75) is 52.1 Å². The van der Waals surface area contributed by atoms with Gasteiger partial charge in [-0.05, 0) is 32.0 Å². The van der Waals surface area contributed by atoms with E-state index in [1.54, 1.807) is 0 Å². The summed E-state index contributed by atoms with van der Waals surface area (Å²) in [7, 11) is 1.83. The second kappa shape index (κ2) is 13.2. The number of aliphatic imine (C=N–C) groups is 1. The quantitative estimate of drug-likeness (QED) is 0.326. The highest BCUT2D eigenvalue weighted by Gasteiger charge is 2.16. The van der Waals surface area contributed by atoms with Crippen molar-refractivity contribution in [1.29, 1.82) is 0 Å². The number of hydrogen-bond donors (Lipinski definition) is 2. The fourth-order valence-corrected chi connectivity index (χ4v) is 3.25. The molecule has 0 heterocycles. The van der Waals surface area contributed by atoms with E-state index < -0.39 is 0 Å². The van der Waals surface area contributed by atoms with Gasteiger partial charge in [-0.2, -0.15) is 0 Å². The Labute approximate surface area is 176 Å². The van der Waals surface area contributed by atoms with Crippen molar-refractivity contribution in [3.05, 3.63) is 29.8 Å². The number of rotatable bonds is 9. The zero-order valence-corrected chi connectivity index (χ0v) is 18.8. The minimum Gasteiger partial charge on any atom is -0.492 e. The Morgan fingerprint density at radius 2 is 1.88 bits per heavy atom. The molecule has 1 aromatic carbocycles. The standard InChI is InChI=1S/C20H34N4O.HI/c1-4-24(5-2)14-15-25-19-13-9-6-10-17(19)16-22-20(21-3)23-18-11-7-8-12-18;/h6,9-10,13,18H,4-5,7-8,11-12,14-16H2,1-3H3,(H2,21,22,23);1H. The summed E-state index contributed by atoms with van der Waals surface area (Å²) in [6.45, 7) is 8.88. The number of hydrogen-bond acceptors (Lipinski definition) is 3. The van der Waals surface area contributed by atoms with Gasteiger partial charge in [0.1, 0.15) is 12.4 Å². The lowest BCUT2D eigenvalue weighted by Gasteiger charge is -2.20. The Bertz CT molecular complexity index is 528. The predicted octanol–water partition coefficient (Wildman–Crippen LogP) is 3.63. The van der Waals surface area contributed by atoms with Gasteiger partial charge in [0.05, 0.1) is 0 Å². The molecule has 2 rings (SSSR count). The van der Waals surface area contributed by atoms with E-state index >= 15 is 0 Å². The van der Waals surface area contributed by atoms with Gasteiger partial charge in [-0.15, -0.1) is 24.0 Å². The van der Waals surface area contributed by atoms with Gasteiger partial charge in [0.25, 0.3) is 0 Å². The normalized spacial score (nSPS) is 15.0. The van der Waals surface area contributed by atoms with E-state index in [9.17, 15) is 0 Å². The largest absolute Gasteiger partial charge is 0.492 e. The summed E-state index contributed by atoms with van der Waals surface area (Å²) in [6, 6.07) is 8.81. The van der Waals surface area contributed by atoms with Gasteiger partial charge < -0.3 is 20.3 Å². The third kappa shape index (κ3) is 7.70. The zero-order valence-electron chi connectivity index (χ0n) is 16.5. The Balaban J connectivity index is 0.00000338. The average molecular weight is 474 g/mol. The molecule has 5 nitrogen and oxygen atoms in total. The van der Waals surface area contributed by atoms with Gasteiger partial charge >= 0.3 is 0 Å². The van der Waals surface area contributed by atoms with Crippen LogP contribution in [0, 0.1) is 0 Å². The van der Waals surface area contributed by atoms with E-state index in [1.807, 2.05) is 19.2 Å². The van der Waals surface area contributed by atoms with Crippen LogP contribution in [-0.4, -0.2) is 50.2 Å². The topological polar surface area (TPSA) is 48.9 Å². The van der Waals surface area contributed by atoms with Gasteiger partial charge in [0.2, 0.25) is 0 Å². The van der Waals surface area contributed by atoms with Crippen LogP contribution in [0.5, 0.6) is 5.75 Å². The first kappa shape index (κ1) is 23.0. The maximum atomic E-state index is 6.03. The second-order valence-corrected chi connectivity index (χ2v) is 6.53. The Morgan fingerprint density at radius 3 is 2.54 bits per heavy atom. The molecule has 0 atom stereocenters. The maximum absolute atomic E-state index is 6.03. The number of likely N-dealkylation sites (N-methyl/N-ethyl adjacent to an activating group) is 1. The van der Waals surface area contributed by atoms with Crippen molar-refractivity contribution >= 4 is 29.9 Å². The molecule has 6 heteroatoms. The lowest BCUT2D eigenvalue weighted by atomic mass is 10.2. The minimum absolute atomic E-state index is 0. The zero-order chi connectivity index (χ0) is 17.9. The molecule has 1 aromatic rings. The van der Waals surface area contributed by atoms with Gasteiger partial charge in [0.15, 0.2) is 5.96 Å². The molecule has 1 fully saturated rings. The van der Waals surface area contributed by atoms with E-state index in [0.717, 1.165) is 36.9 Å². The lowest BCUT2D eigenvalue weighted by Crippen LogP contribution is -2.42. The molecule has 1 aliphatic rings. The Morgan fingerprint density at radius 1 is 1.19 bits per heavy atom. The molecule has 2 N–H and O–H groups in total. The van der Waals surface area contributed by atoms with E-state index in [4.69, 9.17) is 4.74 Å². The van der Waals surface area contributed by atoms with E-state index in [-0.39, 0.29) is 24.0 Å². The molecule has 0 aliphatic heterocycles. The summed E-state index contributed by atoms with van der Waals surface area (Å²) in [4.78, 5) is 6.72. The van der Waals surface area contributed by atoms with Crippen molar-refractivity contribution < 1.29 is 4.74 Å². The first-order chi connectivity index (χ1) is 12.3. The van der Waals surface area contributed by atoms with Crippen molar-refractivity contribution in [2.75, 3.05) is 33.3 Å². The summed E-state index contributed by atoms with van der Waals surface area (Å²) in [5.41, 5.74) is 1.16. The van der Waals surface area contributed by atoms with Crippen LogP contribution >= 0.6 is 24.0 Å². The van der Waals surface area contributed by atoms with Crippen LogP contribution in [0.3, 0.4) is 0 Å². The molecule has 1 aliphatic carbocycles. The minimum atomic E-state index is 0. The predicted molar refractivity (Wildman–Crippen MR) is 121 cm³/mol. The third-order valence-electron chi connectivity index (χ3n) is 4.90. The Hall–Kier alpha value is -1.02. The molecular weight excluding hydrogens is 439 g/mol. The first-order valence-electron chi connectivity index (χ1n) is 9.67. The molecule has 0 unspecified atom stereocenters. The SMILES string of the molecule is CCN(CC)CCOc1ccccc1CNC(=NC)NC1CCCC1.I. The number of halogens is 1. The molecule has 0 radical (unpaired) electrons. The molecule has 0 saturated heterocycles. The van der Waals surface area contributed by atoms with Crippen LogP contribution in [0.2, 0.25) is 0 Å². The maximum Gasteiger partial charge on any atom is 0.191 e. The van der Waals surface area contributed by atoms with Gasteiger partial charge in [-0.25, -0.2) is 0 Å². The Kier molecular flexibility index (Phi) is 11.7. The number of nitrogens with zero attached hydrogens (tertiary/aromatic N) is 2. The first-order valence-corrected chi connectivity index (χ1v) is 9.67. The van der Waals surface area contributed by atoms with E-state index in [2.05, 4.69) is 46.5 Å². The number of ether oxygens (including phenoxy) is 1. The summed E-state index contributed by atoms with van der Waals surface area (Å²) < 4.78 is 6.03. The average Bonchev–Trinajstić information content (AvgIpc) is 3.16. The molecule has 0 bridgehead atoms. The molecule has 0 spiro atoms. The van der Waals surface area contributed by atoms with Crippen molar-refractivity contribution in [3.63, 3.8) is 0 Å². The second-order valence-electron chi connectivity index (χ2n) is 6.53. The van der Waals surface area contributed by atoms with Crippen LogP contribution in [0.4, 0.5) is 0 Å². The van der Waals surface area contributed by atoms with Crippen LogP contribution in [-0.2, 0) is 6.54 Å². The van der Waals surface area contributed by atoms with Crippen LogP contribution < -0.4 is 15.4 Å². The van der Waals surface area contributed by atoms with Gasteiger partial charge in [0, 0.05) is 31.7 Å². The van der Waals surface area contributed by atoms with E-state index in [0.29, 0.717) is 19.2 Å². The van der Waals surface area contributed by atoms with Crippen molar-refractivity contribution in [3.8, 4) is 5.75 Å². The summed E-state index contributed by atoms with van der Waals surface area (Å²) in [6.07, 6.45) is 5.12. The smallest absolute Gasteiger partial charge is 0.191 e. The fourth-order valence-electron chi connectivity index (χ4n) is 3.25. The summed E-state index contributed by atoms with van der Waals surface area (Å²) in [5, 5.41) is 6.94. The van der Waals surface area contributed by atoms with Crippen molar-refractivity contribution in [2.24, 2.45) is 4.99 Å². The fraction of sp³-hybridized carbons (Fsp3) is 0.650. The molecule has 1 saturated carbocycles. The van der Waals surface area contributed by atoms with Gasteiger partial charge in [-0.1, -0.05) is 44.9 Å².